The normalized spacial score (nSPS) is 10.5. The fourth-order valence-corrected chi connectivity index (χ4v) is 2.28. The molecule has 3 rings (SSSR count). The molecule has 2 heterocycles. The van der Waals surface area contributed by atoms with Gasteiger partial charge in [-0.25, -0.2) is 9.37 Å². The van der Waals surface area contributed by atoms with Gasteiger partial charge in [-0.15, -0.1) is 0 Å². The molecule has 0 saturated carbocycles. The SMILES string of the molecule is O=C(Nc1ccc(Cc2ccc(F)cc2)cn1)c1ccc(CO)nc1. The molecule has 1 aromatic carbocycles. The molecule has 2 aromatic heterocycles. The van der Waals surface area contributed by atoms with Crippen LogP contribution in [0.5, 0.6) is 0 Å². The molecule has 0 saturated heterocycles. The van der Waals surface area contributed by atoms with E-state index in [0.717, 1.165) is 11.1 Å². The van der Waals surface area contributed by atoms with Crippen LogP contribution in [0.3, 0.4) is 0 Å². The van der Waals surface area contributed by atoms with Crippen molar-refractivity contribution in [2.75, 3.05) is 5.32 Å². The molecule has 0 aliphatic rings. The second-order valence-corrected chi connectivity index (χ2v) is 5.51. The summed E-state index contributed by atoms with van der Waals surface area (Å²) < 4.78 is 12.9. The predicted octanol–water partition coefficient (Wildman–Crippen LogP) is 2.95. The second kappa shape index (κ2) is 7.63. The van der Waals surface area contributed by atoms with E-state index in [9.17, 15) is 9.18 Å². The number of rotatable bonds is 5. The van der Waals surface area contributed by atoms with Crippen LogP contribution in [0.2, 0.25) is 0 Å². The number of carbonyl (C=O) groups excluding carboxylic acids is 1. The number of carbonyl (C=O) groups is 1. The van der Waals surface area contributed by atoms with Gasteiger partial charge >= 0.3 is 0 Å². The number of nitrogens with one attached hydrogen (secondary N) is 1. The summed E-state index contributed by atoms with van der Waals surface area (Å²) in [5.41, 5.74) is 2.82. The maximum Gasteiger partial charge on any atom is 0.258 e. The van der Waals surface area contributed by atoms with Gasteiger partial charge in [0.1, 0.15) is 11.6 Å². The van der Waals surface area contributed by atoms with Crippen molar-refractivity contribution in [2.45, 2.75) is 13.0 Å². The van der Waals surface area contributed by atoms with Gasteiger partial charge in [0.05, 0.1) is 17.9 Å². The summed E-state index contributed by atoms with van der Waals surface area (Å²) in [5.74, 6) is -0.156. The third-order valence-corrected chi connectivity index (χ3v) is 3.64. The summed E-state index contributed by atoms with van der Waals surface area (Å²) >= 11 is 0. The second-order valence-electron chi connectivity index (χ2n) is 5.51. The molecule has 0 radical (unpaired) electrons. The number of aliphatic hydroxyl groups excluding tert-OH is 1. The molecule has 0 aliphatic carbocycles. The van der Waals surface area contributed by atoms with Gasteiger partial charge in [0.25, 0.3) is 5.91 Å². The maximum atomic E-state index is 12.9. The highest BCUT2D eigenvalue weighted by Crippen LogP contribution is 2.12. The average molecular weight is 337 g/mol. The van der Waals surface area contributed by atoms with E-state index in [1.54, 1.807) is 36.5 Å². The minimum absolute atomic E-state index is 0.168. The lowest BCUT2D eigenvalue weighted by molar-refractivity contribution is 0.102. The van der Waals surface area contributed by atoms with E-state index in [1.165, 1.54) is 18.3 Å². The third kappa shape index (κ3) is 4.45. The number of benzene rings is 1. The van der Waals surface area contributed by atoms with E-state index in [1.807, 2.05) is 6.07 Å². The summed E-state index contributed by atoms with van der Waals surface area (Å²) in [6, 6.07) is 13.1. The van der Waals surface area contributed by atoms with Gasteiger partial charge in [-0.3, -0.25) is 9.78 Å². The summed E-state index contributed by atoms with van der Waals surface area (Å²) in [7, 11) is 0. The van der Waals surface area contributed by atoms with E-state index in [2.05, 4.69) is 15.3 Å². The Morgan fingerprint density at radius 1 is 0.960 bits per heavy atom. The smallest absolute Gasteiger partial charge is 0.258 e. The molecule has 0 aliphatic heterocycles. The van der Waals surface area contributed by atoms with Crippen molar-refractivity contribution < 1.29 is 14.3 Å². The Morgan fingerprint density at radius 2 is 1.72 bits per heavy atom. The van der Waals surface area contributed by atoms with Gasteiger partial charge in [0.2, 0.25) is 0 Å². The zero-order valence-electron chi connectivity index (χ0n) is 13.3. The van der Waals surface area contributed by atoms with Crippen LogP contribution in [0.4, 0.5) is 10.2 Å². The van der Waals surface area contributed by atoms with E-state index in [-0.39, 0.29) is 18.3 Å². The molecule has 6 heteroatoms. The lowest BCUT2D eigenvalue weighted by Gasteiger charge is -2.06. The van der Waals surface area contributed by atoms with Gasteiger partial charge in [0, 0.05) is 12.4 Å². The molecule has 25 heavy (non-hydrogen) atoms. The minimum atomic E-state index is -0.323. The Bertz CT molecular complexity index is 847. The lowest BCUT2D eigenvalue weighted by atomic mass is 10.1. The Kier molecular flexibility index (Phi) is 5.11. The number of pyridine rings is 2. The Balaban J connectivity index is 1.63. The van der Waals surface area contributed by atoms with Crippen molar-refractivity contribution in [3.63, 3.8) is 0 Å². The number of aromatic nitrogens is 2. The van der Waals surface area contributed by atoms with E-state index < -0.39 is 0 Å². The number of anilines is 1. The van der Waals surface area contributed by atoms with Crippen LogP contribution >= 0.6 is 0 Å². The first-order chi connectivity index (χ1) is 12.1. The lowest BCUT2D eigenvalue weighted by Crippen LogP contribution is -2.13. The summed E-state index contributed by atoms with van der Waals surface area (Å²) in [6.45, 7) is -0.168. The highest BCUT2D eigenvalue weighted by molar-refractivity contribution is 6.03. The van der Waals surface area contributed by atoms with E-state index in [0.29, 0.717) is 23.5 Å². The number of hydrogen-bond donors (Lipinski definition) is 2. The van der Waals surface area contributed by atoms with Crippen molar-refractivity contribution >= 4 is 11.7 Å². The van der Waals surface area contributed by atoms with Gasteiger partial charge in [-0.2, -0.15) is 0 Å². The molecule has 0 bridgehead atoms. The number of nitrogens with zero attached hydrogens (tertiary/aromatic N) is 2. The van der Waals surface area contributed by atoms with Gasteiger partial charge < -0.3 is 10.4 Å². The van der Waals surface area contributed by atoms with Crippen molar-refractivity contribution in [1.29, 1.82) is 0 Å². The molecule has 126 valence electrons. The minimum Gasteiger partial charge on any atom is -0.390 e. The zero-order valence-corrected chi connectivity index (χ0v) is 13.3. The third-order valence-electron chi connectivity index (χ3n) is 3.64. The number of halogens is 1. The quantitative estimate of drug-likeness (QED) is 0.751. The molecule has 5 nitrogen and oxygen atoms in total. The molecule has 0 fully saturated rings. The van der Waals surface area contributed by atoms with E-state index in [4.69, 9.17) is 5.11 Å². The first kappa shape index (κ1) is 16.7. The van der Waals surface area contributed by atoms with Crippen molar-refractivity contribution in [3.05, 3.63) is 89.1 Å². The molecule has 3 aromatic rings. The molecule has 0 spiro atoms. The summed E-state index contributed by atoms with van der Waals surface area (Å²) in [4.78, 5) is 20.3. The highest BCUT2D eigenvalue weighted by atomic mass is 19.1. The van der Waals surface area contributed by atoms with Gasteiger partial charge in [-0.1, -0.05) is 18.2 Å². The molecule has 0 atom stereocenters. The molecular weight excluding hydrogens is 321 g/mol. The highest BCUT2D eigenvalue weighted by Gasteiger charge is 2.07. The van der Waals surface area contributed by atoms with Crippen LogP contribution in [0.15, 0.2) is 60.9 Å². The summed E-state index contributed by atoms with van der Waals surface area (Å²) in [5, 5.41) is 11.6. The number of amides is 1. The predicted molar refractivity (Wildman–Crippen MR) is 91.6 cm³/mol. The van der Waals surface area contributed by atoms with Crippen LogP contribution in [0, 0.1) is 5.82 Å². The van der Waals surface area contributed by atoms with Crippen molar-refractivity contribution in [3.8, 4) is 0 Å². The first-order valence-corrected chi connectivity index (χ1v) is 7.70. The van der Waals surface area contributed by atoms with Crippen LogP contribution in [0.1, 0.15) is 27.2 Å². The molecular formula is C19H16FN3O2. The fourth-order valence-electron chi connectivity index (χ4n) is 2.28. The maximum absolute atomic E-state index is 12.9. The van der Waals surface area contributed by atoms with Gasteiger partial charge in [0.15, 0.2) is 0 Å². The van der Waals surface area contributed by atoms with E-state index >= 15 is 0 Å². The van der Waals surface area contributed by atoms with Crippen molar-refractivity contribution in [1.82, 2.24) is 9.97 Å². The zero-order chi connectivity index (χ0) is 17.6. The largest absolute Gasteiger partial charge is 0.390 e. The fraction of sp³-hybridized carbons (Fsp3) is 0.105. The number of hydrogen-bond acceptors (Lipinski definition) is 4. The first-order valence-electron chi connectivity index (χ1n) is 7.70. The Labute approximate surface area is 144 Å². The van der Waals surface area contributed by atoms with Crippen LogP contribution in [-0.4, -0.2) is 21.0 Å². The average Bonchev–Trinajstić information content (AvgIpc) is 2.65. The van der Waals surface area contributed by atoms with Crippen LogP contribution in [0.25, 0.3) is 0 Å². The molecule has 2 N–H and O–H groups in total. The Morgan fingerprint density at radius 3 is 2.32 bits per heavy atom. The molecule has 0 unspecified atom stereocenters. The standard InChI is InChI=1S/C19H16FN3O2/c20-16-5-1-13(2-6-16)9-14-3-8-18(22-10-14)23-19(25)15-4-7-17(12-24)21-11-15/h1-8,10-11,24H,9,12H2,(H,22,23,25). The van der Waals surface area contributed by atoms with Crippen LogP contribution in [-0.2, 0) is 13.0 Å². The summed E-state index contributed by atoms with van der Waals surface area (Å²) in [6.07, 6.45) is 3.71. The number of aliphatic hydroxyl groups is 1. The molecule has 1 amide bonds. The van der Waals surface area contributed by atoms with Crippen LogP contribution < -0.4 is 5.32 Å². The monoisotopic (exact) mass is 337 g/mol. The topological polar surface area (TPSA) is 75.1 Å². The van der Waals surface area contributed by atoms with Gasteiger partial charge in [-0.05, 0) is 47.9 Å². The Hall–Kier alpha value is -3.12. The van der Waals surface area contributed by atoms with Crippen molar-refractivity contribution in [2.24, 2.45) is 0 Å².